The van der Waals surface area contributed by atoms with Gasteiger partial charge in [-0.05, 0) is 58.2 Å². The predicted octanol–water partition coefficient (Wildman–Crippen LogP) is 3.43. The Kier molecular flexibility index (Phi) is 5.73. The molecule has 2 aliphatic rings. The van der Waals surface area contributed by atoms with Crippen LogP contribution in [0.2, 0.25) is 0 Å². The highest BCUT2D eigenvalue weighted by Crippen LogP contribution is 2.41. The average Bonchev–Trinajstić information content (AvgIpc) is 2.88. The third-order valence-electron chi connectivity index (χ3n) is 4.79. The van der Waals surface area contributed by atoms with Crippen molar-refractivity contribution in [2.45, 2.75) is 57.7 Å². The molecule has 0 bridgehead atoms. The van der Waals surface area contributed by atoms with Crippen LogP contribution in [0.4, 0.5) is 13.2 Å². The second-order valence-corrected chi connectivity index (χ2v) is 6.51. The van der Waals surface area contributed by atoms with E-state index in [2.05, 4.69) is 17.1 Å². The van der Waals surface area contributed by atoms with Crippen LogP contribution in [0, 0.1) is 11.8 Å². The summed E-state index contributed by atoms with van der Waals surface area (Å²) in [6, 6.07) is 0.281. The van der Waals surface area contributed by atoms with Crippen LogP contribution in [0.25, 0.3) is 0 Å². The van der Waals surface area contributed by atoms with Crippen LogP contribution in [0.5, 0.6) is 0 Å². The molecule has 0 aromatic carbocycles. The summed E-state index contributed by atoms with van der Waals surface area (Å²) < 4.78 is 39.0. The highest BCUT2D eigenvalue weighted by Gasteiger charge is 2.45. The summed E-state index contributed by atoms with van der Waals surface area (Å²) in [4.78, 5) is 2.40. The molecule has 1 aliphatic heterocycles. The Morgan fingerprint density at radius 1 is 1.10 bits per heavy atom. The van der Waals surface area contributed by atoms with Gasteiger partial charge in [0.05, 0.1) is 5.92 Å². The van der Waals surface area contributed by atoms with Crippen molar-refractivity contribution in [3.05, 3.63) is 0 Å². The molecule has 0 amide bonds. The first kappa shape index (κ1) is 16.1. The molecular formula is C15H27F3N2. The molecule has 0 radical (unpaired) electrons. The maximum Gasteiger partial charge on any atom is 0.392 e. The summed E-state index contributed by atoms with van der Waals surface area (Å²) in [6.07, 6.45) is 1.19. The second-order valence-electron chi connectivity index (χ2n) is 6.51. The molecule has 3 unspecified atom stereocenters. The minimum atomic E-state index is -4.02. The lowest BCUT2D eigenvalue weighted by Gasteiger charge is -2.34. The Hall–Kier alpha value is -0.290. The lowest BCUT2D eigenvalue weighted by Crippen LogP contribution is -2.44. The molecule has 1 saturated carbocycles. The maximum absolute atomic E-state index is 13.0. The molecule has 2 nitrogen and oxygen atoms in total. The molecule has 1 N–H and O–H groups in total. The number of likely N-dealkylation sites (tertiary alicyclic amines) is 1. The van der Waals surface area contributed by atoms with Crippen molar-refractivity contribution >= 4 is 0 Å². The van der Waals surface area contributed by atoms with Crippen LogP contribution in [0.3, 0.4) is 0 Å². The van der Waals surface area contributed by atoms with E-state index >= 15 is 0 Å². The quantitative estimate of drug-likeness (QED) is 0.835. The number of hydrogen-bond donors (Lipinski definition) is 1. The molecule has 1 aliphatic carbocycles. The van der Waals surface area contributed by atoms with E-state index in [1.807, 2.05) is 0 Å². The molecule has 0 spiro atoms. The smallest absolute Gasteiger partial charge is 0.313 e. The minimum absolute atomic E-state index is 0.232. The van der Waals surface area contributed by atoms with E-state index < -0.39 is 12.1 Å². The number of alkyl halides is 3. The standard InChI is InChI=1S/C15H27F3N2/c1-12(11-20-8-4-5-9-20)19-10-13-6-2-3-7-14(13)15(16,17)18/h12-14,19H,2-11H2,1H3. The zero-order valence-electron chi connectivity index (χ0n) is 12.4. The Morgan fingerprint density at radius 3 is 2.40 bits per heavy atom. The number of hydrogen-bond acceptors (Lipinski definition) is 2. The second kappa shape index (κ2) is 7.12. The normalized spacial score (nSPS) is 30.6. The molecule has 2 rings (SSSR count). The number of nitrogens with zero attached hydrogens (tertiary/aromatic N) is 1. The van der Waals surface area contributed by atoms with Gasteiger partial charge in [-0.15, -0.1) is 0 Å². The first-order valence-corrected chi connectivity index (χ1v) is 7.99. The van der Waals surface area contributed by atoms with Gasteiger partial charge in [0.15, 0.2) is 0 Å². The highest BCUT2D eigenvalue weighted by molar-refractivity contribution is 4.83. The molecule has 0 aromatic rings. The molecule has 3 atom stereocenters. The SMILES string of the molecule is CC(CN1CCCC1)NCC1CCCCC1C(F)(F)F. The lowest BCUT2D eigenvalue weighted by atomic mass is 9.78. The van der Waals surface area contributed by atoms with Crippen LogP contribution in [0.15, 0.2) is 0 Å². The molecular weight excluding hydrogens is 265 g/mol. The Labute approximate surface area is 120 Å². The van der Waals surface area contributed by atoms with E-state index in [0.717, 1.165) is 32.5 Å². The van der Waals surface area contributed by atoms with Crippen molar-refractivity contribution in [1.82, 2.24) is 10.2 Å². The van der Waals surface area contributed by atoms with Crippen LogP contribution in [0.1, 0.15) is 45.4 Å². The zero-order valence-corrected chi connectivity index (χ0v) is 12.4. The summed E-state index contributed by atoms with van der Waals surface area (Å²) in [6.45, 7) is 5.84. The first-order chi connectivity index (χ1) is 9.47. The van der Waals surface area contributed by atoms with Gasteiger partial charge in [0.1, 0.15) is 0 Å². The highest BCUT2D eigenvalue weighted by atomic mass is 19.4. The molecule has 1 heterocycles. The van der Waals surface area contributed by atoms with E-state index in [0.29, 0.717) is 19.4 Å². The van der Waals surface area contributed by atoms with Crippen molar-refractivity contribution in [2.75, 3.05) is 26.2 Å². The number of nitrogens with one attached hydrogen (secondary N) is 1. The topological polar surface area (TPSA) is 15.3 Å². The zero-order chi connectivity index (χ0) is 14.6. The van der Waals surface area contributed by atoms with Crippen molar-refractivity contribution in [2.24, 2.45) is 11.8 Å². The summed E-state index contributed by atoms with van der Waals surface area (Å²) in [5.41, 5.74) is 0. The maximum atomic E-state index is 13.0. The molecule has 5 heteroatoms. The van der Waals surface area contributed by atoms with Crippen LogP contribution in [-0.2, 0) is 0 Å². The fraction of sp³-hybridized carbons (Fsp3) is 1.00. The Balaban J connectivity index is 1.75. The van der Waals surface area contributed by atoms with E-state index in [1.165, 1.54) is 12.8 Å². The van der Waals surface area contributed by atoms with Crippen molar-refractivity contribution in [1.29, 1.82) is 0 Å². The summed E-state index contributed by atoms with van der Waals surface area (Å²) in [5, 5.41) is 3.34. The summed E-state index contributed by atoms with van der Waals surface area (Å²) >= 11 is 0. The first-order valence-electron chi connectivity index (χ1n) is 7.99. The monoisotopic (exact) mass is 292 g/mol. The molecule has 118 valence electrons. The average molecular weight is 292 g/mol. The molecule has 20 heavy (non-hydrogen) atoms. The lowest BCUT2D eigenvalue weighted by molar-refractivity contribution is -0.195. The predicted molar refractivity (Wildman–Crippen MR) is 74.6 cm³/mol. The van der Waals surface area contributed by atoms with E-state index in [9.17, 15) is 13.2 Å². The van der Waals surface area contributed by atoms with Crippen LogP contribution >= 0.6 is 0 Å². The molecule has 2 fully saturated rings. The van der Waals surface area contributed by atoms with Crippen LogP contribution in [-0.4, -0.2) is 43.3 Å². The van der Waals surface area contributed by atoms with Gasteiger partial charge in [-0.2, -0.15) is 13.2 Å². The fourth-order valence-corrected chi connectivity index (χ4v) is 3.65. The van der Waals surface area contributed by atoms with E-state index in [1.54, 1.807) is 0 Å². The van der Waals surface area contributed by atoms with Gasteiger partial charge in [0.25, 0.3) is 0 Å². The van der Waals surface area contributed by atoms with Crippen molar-refractivity contribution < 1.29 is 13.2 Å². The van der Waals surface area contributed by atoms with E-state index in [4.69, 9.17) is 0 Å². The third kappa shape index (κ3) is 4.62. The largest absolute Gasteiger partial charge is 0.392 e. The number of halogens is 3. The van der Waals surface area contributed by atoms with Gasteiger partial charge in [-0.25, -0.2) is 0 Å². The van der Waals surface area contributed by atoms with Gasteiger partial charge in [-0.1, -0.05) is 12.8 Å². The third-order valence-corrected chi connectivity index (χ3v) is 4.79. The summed E-state index contributed by atoms with van der Waals surface area (Å²) in [5.74, 6) is -1.33. The molecule has 0 aromatic heterocycles. The van der Waals surface area contributed by atoms with Gasteiger partial charge in [-0.3, -0.25) is 0 Å². The van der Waals surface area contributed by atoms with Gasteiger partial charge >= 0.3 is 6.18 Å². The fourth-order valence-electron chi connectivity index (χ4n) is 3.65. The van der Waals surface area contributed by atoms with Gasteiger partial charge in [0, 0.05) is 12.6 Å². The van der Waals surface area contributed by atoms with Crippen LogP contribution < -0.4 is 5.32 Å². The van der Waals surface area contributed by atoms with E-state index in [-0.39, 0.29) is 12.0 Å². The number of rotatable bonds is 5. The van der Waals surface area contributed by atoms with Gasteiger partial charge in [0.2, 0.25) is 0 Å². The van der Waals surface area contributed by atoms with Crippen molar-refractivity contribution in [3.8, 4) is 0 Å². The molecule has 1 saturated heterocycles. The Morgan fingerprint density at radius 2 is 1.75 bits per heavy atom. The van der Waals surface area contributed by atoms with Crippen molar-refractivity contribution in [3.63, 3.8) is 0 Å². The summed E-state index contributed by atoms with van der Waals surface area (Å²) in [7, 11) is 0. The Bertz CT molecular complexity index is 287. The minimum Gasteiger partial charge on any atom is -0.313 e. The van der Waals surface area contributed by atoms with Gasteiger partial charge < -0.3 is 10.2 Å².